The number of carbonyl (C=O) groups excluding carboxylic acids is 1. The van der Waals surface area contributed by atoms with E-state index in [1.54, 1.807) is 10.6 Å². The van der Waals surface area contributed by atoms with Gasteiger partial charge in [0.15, 0.2) is 5.75 Å². The predicted molar refractivity (Wildman–Crippen MR) is 132 cm³/mol. The van der Waals surface area contributed by atoms with Gasteiger partial charge in [-0.2, -0.15) is 0 Å². The maximum absolute atomic E-state index is 13.9. The molecule has 2 aromatic heterocycles. The molecule has 160 valence electrons. The fraction of sp³-hybridized carbons (Fsp3) is 0.160. The van der Waals surface area contributed by atoms with Crippen LogP contribution in [0.5, 0.6) is 5.75 Å². The van der Waals surface area contributed by atoms with Crippen LogP contribution >= 0.6 is 27.3 Å². The van der Waals surface area contributed by atoms with E-state index in [-0.39, 0.29) is 11.5 Å². The van der Waals surface area contributed by atoms with E-state index in [4.69, 9.17) is 9.72 Å². The molecule has 7 heteroatoms. The lowest BCUT2D eigenvalue weighted by molar-refractivity contribution is -0.131. The number of thiophene rings is 1. The van der Waals surface area contributed by atoms with Crippen LogP contribution in [0.1, 0.15) is 30.7 Å². The van der Waals surface area contributed by atoms with Gasteiger partial charge in [-0.25, -0.2) is 4.98 Å². The second-order valence-corrected chi connectivity index (χ2v) is 9.48. The highest BCUT2D eigenvalue weighted by Crippen LogP contribution is 2.42. The first-order valence-corrected chi connectivity index (χ1v) is 11.8. The zero-order valence-electron chi connectivity index (χ0n) is 17.2. The summed E-state index contributed by atoms with van der Waals surface area (Å²) in [4.78, 5) is 31.2. The lowest BCUT2D eigenvalue weighted by Gasteiger charge is -2.19. The third-order valence-electron chi connectivity index (χ3n) is 5.44. The van der Waals surface area contributed by atoms with Crippen molar-refractivity contribution in [2.24, 2.45) is 0 Å². The van der Waals surface area contributed by atoms with Crippen molar-refractivity contribution in [1.82, 2.24) is 9.55 Å². The molecule has 2 heterocycles. The third-order valence-corrected chi connectivity index (χ3v) is 7.16. The van der Waals surface area contributed by atoms with E-state index in [1.807, 2.05) is 48.6 Å². The molecule has 0 bridgehead atoms. The van der Waals surface area contributed by atoms with E-state index < -0.39 is 5.97 Å². The van der Waals surface area contributed by atoms with E-state index in [2.05, 4.69) is 28.1 Å². The predicted octanol–water partition coefficient (Wildman–Crippen LogP) is 5.95. The number of fused-ring (bicyclic) bond motifs is 3. The first kappa shape index (κ1) is 20.8. The van der Waals surface area contributed by atoms with Crippen molar-refractivity contribution in [3.63, 3.8) is 0 Å². The van der Waals surface area contributed by atoms with Crippen LogP contribution < -0.4 is 10.3 Å². The van der Waals surface area contributed by atoms with Gasteiger partial charge in [0.25, 0.3) is 5.56 Å². The minimum absolute atomic E-state index is 0.0192. The molecule has 0 saturated heterocycles. The van der Waals surface area contributed by atoms with Gasteiger partial charge in [0.2, 0.25) is 0 Å². The molecule has 0 spiro atoms. The summed E-state index contributed by atoms with van der Waals surface area (Å²) in [5.74, 6) is 0.774. The van der Waals surface area contributed by atoms with Gasteiger partial charge in [-0.05, 0) is 34.0 Å². The molecule has 2 aromatic carbocycles. The van der Waals surface area contributed by atoms with Crippen molar-refractivity contribution in [3.8, 4) is 5.75 Å². The maximum atomic E-state index is 13.9. The Hall–Kier alpha value is -3.03. The summed E-state index contributed by atoms with van der Waals surface area (Å²) in [6, 6.07) is 13.6. The Morgan fingerprint density at radius 2 is 2.03 bits per heavy atom. The fourth-order valence-electron chi connectivity index (χ4n) is 4.00. The van der Waals surface area contributed by atoms with Crippen molar-refractivity contribution in [2.45, 2.75) is 25.8 Å². The van der Waals surface area contributed by atoms with Crippen LogP contribution in [0.4, 0.5) is 0 Å². The van der Waals surface area contributed by atoms with E-state index >= 15 is 0 Å². The third kappa shape index (κ3) is 3.72. The van der Waals surface area contributed by atoms with Crippen LogP contribution in [0.2, 0.25) is 0 Å². The van der Waals surface area contributed by atoms with Gasteiger partial charge in [0.1, 0.15) is 10.7 Å². The molecular weight excluding hydrogens is 488 g/mol. The summed E-state index contributed by atoms with van der Waals surface area (Å²) < 4.78 is 8.65. The molecule has 5 nitrogen and oxygen atoms in total. The monoisotopic (exact) mass is 506 g/mol. The lowest BCUT2D eigenvalue weighted by Crippen LogP contribution is -2.27. The second-order valence-electron chi connectivity index (χ2n) is 7.63. The van der Waals surface area contributed by atoms with Gasteiger partial charge >= 0.3 is 5.97 Å². The van der Waals surface area contributed by atoms with Crippen molar-refractivity contribution in [1.29, 1.82) is 0 Å². The van der Waals surface area contributed by atoms with Crippen LogP contribution in [-0.4, -0.2) is 15.5 Å². The Labute approximate surface area is 196 Å². The van der Waals surface area contributed by atoms with Gasteiger partial charge in [0, 0.05) is 18.2 Å². The number of benzene rings is 2. The number of hydrogen-bond acceptors (Lipinski definition) is 5. The van der Waals surface area contributed by atoms with Crippen LogP contribution in [0.15, 0.2) is 76.0 Å². The molecular formula is C25H19BrN2O3S. The number of nitrogens with zero attached hydrogens (tertiary/aromatic N) is 2. The summed E-state index contributed by atoms with van der Waals surface area (Å²) in [5, 5.41) is 1.30. The van der Waals surface area contributed by atoms with Crippen molar-refractivity contribution in [2.75, 3.05) is 0 Å². The molecule has 0 saturated carbocycles. The summed E-state index contributed by atoms with van der Waals surface area (Å²) in [7, 11) is 0. The fourth-order valence-corrected chi connectivity index (χ4v) is 5.70. The Kier molecular flexibility index (Phi) is 5.53. The van der Waals surface area contributed by atoms with Gasteiger partial charge in [-0.3, -0.25) is 14.2 Å². The molecule has 5 rings (SSSR count). The SMILES string of the molecule is CC(=O)Oc1c(Br)ccc2c1sc1nc(C3C=CC=CC3)n(Cc3ccccc3)c(=O)c12. The number of aromatic nitrogens is 2. The maximum Gasteiger partial charge on any atom is 0.308 e. The highest BCUT2D eigenvalue weighted by atomic mass is 79.9. The van der Waals surface area contributed by atoms with Gasteiger partial charge in [-0.15, -0.1) is 11.3 Å². The normalized spacial score (nSPS) is 15.5. The second kappa shape index (κ2) is 8.48. The summed E-state index contributed by atoms with van der Waals surface area (Å²) >= 11 is 4.84. The number of esters is 1. The minimum atomic E-state index is -0.412. The molecule has 0 N–H and O–H groups in total. The van der Waals surface area contributed by atoms with E-state index in [1.165, 1.54) is 18.3 Å². The van der Waals surface area contributed by atoms with Crippen molar-refractivity contribution >= 4 is 53.5 Å². The number of halogens is 1. The molecule has 0 radical (unpaired) electrons. The Morgan fingerprint density at radius 1 is 1.22 bits per heavy atom. The standard InChI is InChI=1S/C25H19BrN2O3S/c1-15(29)31-21-19(26)13-12-18-20-24(32-22(18)21)27-23(17-10-6-3-7-11-17)28(25(20)30)14-16-8-4-2-5-9-16/h2-10,12-13,17H,11,14H2,1H3. The lowest BCUT2D eigenvalue weighted by atomic mass is 9.99. The summed E-state index contributed by atoms with van der Waals surface area (Å²) in [6.07, 6.45) is 8.98. The van der Waals surface area contributed by atoms with Gasteiger partial charge in [-0.1, -0.05) is 60.7 Å². The highest BCUT2D eigenvalue weighted by molar-refractivity contribution is 9.10. The van der Waals surface area contributed by atoms with Crippen LogP contribution in [0, 0.1) is 0 Å². The topological polar surface area (TPSA) is 61.2 Å². The number of ether oxygens (including phenoxy) is 1. The number of hydrogen-bond donors (Lipinski definition) is 0. The molecule has 4 aromatic rings. The molecule has 32 heavy (non-hydrogen) atoms. The summed E-state index contributed by atoms with van der Waals surface area (Å²) in [5.41, 5.74) is 0.953. The zero-order chi connectivity index (χ0) is 22.2. The van der Waals surface area contributed by atoms with Gasteiger partial charge < -0.3 is 4.74 Å². The molecule has 0 fully saturated rings. The van der Waals surface area contributed by atoms with Crippen LogP contribution in [-0.2, 0) is 11.3 Å². The van der Waals surface area contributed by atoms with Crippen LogP contribution in [0.3, 0.4) is 0 Å². The molecule has 1 atom stereocenters. The average molecular weight is 507 g/mol. The Bertz CT molecular complexity index is 1470. The smallest absolute Gasteiger partial charge is 0.308 e. The number of carbonyl (C=O) groups is 1. The van der Waals surface area contributed by atoms with Crippen LogP contribution in [0.25, 0.3) is 20.3 Å². The zero-order valence-corrected chi connectivity index (χ0v) is 19.7. The summed E-state index contributed by atoms with van der Waals surface area (Å²) in [6.45, 7) is 1.81. The average Bonchev–Trinajstić information content (AvgIpc) is 3.17. The largest absolute Gasteiger partial charge is 0.424 e. The van der Waals surface area contributed by atoms with E-state index in [9.17, 15) is 9.59 Å². The molecule has 0 aliphatic heterocycles. The van der Waals surface area contributed by atoms with Crippen molar-refractivity contribution in [3.05, 3.63) is 93.0 Å². The highest BCUT2D eigenvalue weighted by Gasteiger charge is 2.23. The van der Waals surface area contributed by atoms with Crippen molar-refractivity contribution < 1.29 is 9.53 Å². The molecule has 1 unspecified atom stereocenters. The Balaban J connectivity index is 1.79. The van der Waals surface area contributed by atoms with E-state index in [0.717, 1.165) is 27.9 Å². The molecule has 1 aliphatic carbocycles. The Morgan fingerprint density at radius 3 is 2.75 bits per heavy atom. The first-order valence-electron chi connectivity index (χ1n) is 10.2. The number of allylic oxidation sites excluding steroid dienone is 4. The van der Waals surface area contributed by atoms with Gasteiger partial charge in [0.05, 0.1) is 21.1 Å². The quantitative estimate of drug-likeness (QED) is 0.253. The number of rotatable bonds is 4. The van der Waals surface area contributed by atoms with E-state index in [0.29, 0.717) is 27.0 Å². The molecule has 0 amide bonds. The molecule has 1 aliphatic rings. The first-order chi connectivity index (χ1) is 15.5. The minimum Gasteiger partial charge on any atom is -0.424 e.